The smallest absolute Gasteiger partial charge is 0.413 e. The fraction of sp³-hybridized carbons (Fsp3) is 0.655. The number of aliphatic hydroxyl groups excluding tert-OH is 2. The molecule has 18 heteroatoms. The van der Waals surface area contributed by atoms with E-state index < -0.39 is 56.5 Å². The summed E-state index contributed by atoms with van der Waals surface area (Å²) in [4.78, 5) is 54.5. The number of carbonyl (C=O) groups excluding carboxylic acids is 2. The van der Waals surface area contributed by atoms with Gasteiger partial charge in [-0.15, -0.1) is 0 Å². The van der Waals surface area contributed by atoms with Crippen LogP contribution in [0.4, 0.5) is 21.2 Å². The molecule has 258 valence electrons. The van der Waals surface area contributed by atoms with Crippen molar-refractivity contribution in [2.75, 3.05) is 17.2 Å². The highest BCUT2D eigenvalue weighted by atomic mass is 28.4. The summed E-state index contributed by atoms with van der Waals surface area (Å²) in [6.45, 7) is 12.9. The Kier molecular flexibility index (Phi) is 9.91. The Morgan fingerprint density at radius 2 is 1.38 bits per heavy atom. The number of rotatable bonds is 6. The molecule has 2 saturated heterocycles. The molecule has 2 amide bonds. The Morgan fingerprint density at radius 3 is 1.83 bits per heavy atom. The molecule has 0 radical (unpaired) electrons. The fourth-order valence-corrected chi connectivity index (χ4v) is 6.73. The predicted molar refractivity (Wildman–Crippen MR) is 167 cm³/mol. The Bertz CT molecular complexity index is 1620. The van der Waals surface area contributed by atoms with E-state index in [4.69, 9.17) is 28.5 Å². The third-order valence-electron chi connectivity index (χ3n) is 9.05. The van der Waals surface area contributed by atoms with E-state index >= 15 is 0 Å². The standard InChI is InChI=1S/C18H29N3O5Si.C11H13N3O6/c1-7-12-13(26-27(5,6)18(2,3)4)8-14(25-12)21-9-11-10-24-17(23)20-15(11)19-16(21)22;15-3-7-6(16)1-8(20-7)14-2-5-4-19-11(18)13-9(5)12-10(14)17/h9,12-14H,7-8,10H2,1-6H3,(H,19,20,22,23);2,6-8,15-16H,1,3-4H2,(H,12,13,17,18)/t12-,13-,14-;6-,7-,8-/m11/s1. The van der Waals surface area contributed by atoms with Crippen molar-refractivity contribution in [3.63, 3.8) is 0 Å². The first-order valence-corrected chi connectivity index (χ1v) is 18.4. The van der Waals surface area contributed by atoms with Gasteiger partial charge in [0.2, 0.25) is 0 Å². The molecule has 17 nitrogen and oxygen atoms in total. The van der Waals surface area contributed by atoms with Gasteiger partial charge in [0.05, 0.1) is 24.9 Å². The largest absolute Gasteiger partial charge is 0.444 e. The van der Waals surface area contributed by atoms with E-state index in [-0.39, 0.29) is 55.1 Å². The van der Waals surface area contributed by atoms with Crippen LogP contribution in [0, 0.1) is 0 Å². The summed E-state index contributed by atoms with van der Waals surface area (Å²) in [6.07, 6.45) is 0.633. The van der Waals surface area contributed by atoms with Crippen molar-refractivity contribution in [1.29, 1.82) is 0 Å². The zero-order valence-corrected chi connectivity index (χ0v) is 28.2. The van der Waals surface area contributed by atoms with E-state index in [1.165, 1.54) is 15.3 Å². The third-order valence-corrected chi connectivity index (χ3v) is 13.6. The van der Waals surface area contributed by atoms with Gasteiger partial charge >= 0.3 is 23.6 Å². The van der Waals surface area contributed by atoms with Gasteiger partial charge in [0.15, 0.2) is 8.32 Å². The molecule has 6 atom stereocenters. The van der Waals surface area contributed by atoms with Crippen LogP contribution in [0.2, 0.25) is 18.1 Å². The van der Waals surface area contributed by atoms with Gasteiger partial charge < -0.3 is 33.6 Å². The van der Waals surface area contributed by atoms with Crippen molar-refractivity contribution in [1.82, 2.24) is 19.1 Å². The fourth-order valence-electron chi connectivity index (χ4n) is 5.37. The molecule has 0 unspecified atom stereocenters. The Morgan fingerprint density at radius 1 is 0.894 bits per heavy atom. The van der Waals surface area contributed by atoms with Crippen LogP contribution < -0.4 is 22.0 Å². The maximum atomic E-state index is 12.5. The maximum Gasteiger partial charge on any atom is 0.413 e. The monoisotopic (exact) mass is 678 g/mol. The zero-order chi connectivity index (χ0) is 34.3. The molecule has 2 fully saturated rings. The molecule has 0 bridgehead atoms. The molecule has 4 N–H and O–H groups in total. The number of ether oxygens (including phenoxy) is 4. The average Bonchev–Trinajstić information content (AvgIpc) is 3.58. The second-order valence-corrected chi connectivity index (χ2v) is 18.1. The van der Waals surface area contributed by atoms with Crippen LogP contribution in [0.25, 0.3) is 0 Å². The van der Waals surface area contributed by atoms with Gasteiger partial charge in [-0.05, 0) is 24.6 Å². The van der Waals surface area contributed by atoms with Gasteiger partial charge in [0.1, 0.15) is 43.4 Å². The maximum absolute atomic E-state index is 12.5. The highest BCUT2D eigenvalue weighted by Crippen LogP contribution is 2.41. The van der Waals surface area contributed by atoms with Gasteiger partial charge in [-0.1, -0.05) is 27.7 Å². The summed E-state index contributed by atoms with van der Waals surface area (Å²) < 4.78 is 30.6. The number of aromatic nitrogens is 4. The lowest BCUT2D eigenvalue weighted by Gasteiger charge is -2.39. The van der Waals surface area contributed by atoms with Crippen LogP contribution >= 0.6 is 0 Å². The Labute approximate surface area is 271 Å². The number of carbonyl (C=O) groups is 2. The number of nitrogens with one attached hydrogen (secondary N) is 2. The number of hydrogen-bond acceptors (Lipinski definition) is 13. The second-order valence-electron chi connectivity index (χ2n) is 13.3. The number of hydrogen-bond donors (Lipinski definition) is 4. The molecule has 2 aromatic rings. The van der Waals surface area contributed by atoms with Gasteiger partial charge in [-0.3, -0.25) is 19.8 Å². The molecule has 0 aromatic carbocycles. The van der Waals surface area contributed by atoms with Crippen molar-refractivity contribution in [3.05, 3.63) is 44.5 Å². The first-order chi connectivity index (χ1) is 22.1. The number of fused-ring (bicyclic) bond motifs is 2. The van der Waals surface area contributed by atoms with Crippen molar-refractivity contribution in [2.24, 2.45) is 0 Å². The van der Waals surface area contributed by atoms with Crippen LogP contribution in [0.5, 0.6) is 0 Å². The molecular formula is C29H42N6O11Si. The number of aliphatic hydroxyl groups is 2. The summed E-state index contributed by atoms with van der Waals surface area (Å²) in [5, 5.41) is 23.6. The first kappa shape index (κ1) is 34.6. The molecule has 0 aliphatic carbocycles. The van der Waals surface area contributed by atoms with E-state index in [1.807, 2.05) is 0 Å². The average molecular weight is 679 g/mol. The summed E-state index contributed by atoms with van der Waals surface area (Å²) in [5.41, 5.74) is 0.125. The molecule has 6 heterocycles. The van der Waals surface area contributed by atoms with Gasteiger partial charge in [0, 0.05) is 36.4 Å². The van der Waals surface area contributed by atoms with Crippen molar-refractivity contribution < 1.29 is 43.2 Å². The highest BCUT2D eigenvalue weighted by molar-refractivity contribution is 6.74. The van der Waals surface area contributed by atoms with Crippen molar-refractivity contribution >= 4 is 32.1 Å². The number of anilines is 2. The molecule has 4 aliphatic heterocycles. The Balaban J connectivity index is 0.000000193. The number of cyclic esters (lactones) is 2. The van der Waals surface area contributed by atoms with Crippen LogP contribution in [-0.2, 0) is 36.6 Å². The molecule has 4 aliphatic rings. The Hall–Kier alpha value is -3.68. The summed E-state index contributed by atoms with van der Waals surface area (Å²) in [5.74, 6) is 0.423. The van der Waals surface area contributed by atoms with Crippen LogP contribution in [0.3, 0.4) is 0 Å². The highest BCUT2D eigenvalue weighted by Gasteiger charge is 2.45. The first-order valence-electron chi connectivity index (χ1n) is 15.5. The van der Waals surface area contributed by atoms with E-state index in [0.29, 0.717) is 17.5 Å². The number of amides is 2. The molecular weight excluding hydrogens is 636 g/mol. The second kappa shape index (κ2) is 13.4. The lowest BCUT2D eigenvalue weighted by Crippen LogP contribution is -2.45. The minimum atomic E-state index is -1.95. The van der Waals surface area contributed by atoms with Crippen LogP contribution in [0.15, 0.2) is 22.0 Å². The number of nitrogens with zero attached hydrogens (tertiary/aromatic N) is 4. The lowest BCUT2D eigenvalue weighted by molar-refractivity contribution is -0.0460. The molecule has 47 heavy (non-hydrogen) atoms. The lowest BCUT2D eigenvalue weighted by atomic mass is 10.1. The molecule has 0 saturated carbocycles. The van der Waals surface area contributed by atoms with Gasteiger partial charge in [-0.2, -0.15) is 9.97 Å². The van der Waals surface area contributed by atoms with E-state index in [2.05, 4.69) is 61.4 Å². The van der Waals surface area contributed by atoms with Crippen molar-refractivity contribution in [2.45, 2.75) is 115 Å². The zero-order valence-electron chi connectivity index (χ0n) is 27.2. The van der Waals surface area contributed by atoms with Gasteiger partial charge in [0.25, 0.3) is 0 Å². The molecule has 0 spiro atoms. The topological polar surface area (TPSA) is 215 Å². The molecule has 6 rings (SSSR count). The van der Waals surface area contributed by atoms with Crippen LogP contribution in [0.1, 0.15) is 70.5 Å². The van der Waals surface area contributed by atoms with Crippen molar-refractivity contribution in [3.8, 4) is 0 Å². The summed E-state index contributed by atoms with van der Waals surface area (Å²) in [6, 6.07) is 0. The van der Waals surface area contributed by atoms with E-state index in [0.717, 1.165) is 6.42 Å². The van der Waals surface area contributed by atoms with Gasteiger partial charge in [-0.25, -0.2) is 19.2 Å². The van der Waals surface area contributed by atoms with E-state index in [1.54, 1.807) is 6.20 Å². The normalized spacial score (nSPS) is 27.0. The SMILES string of the molecule is CC[C@H]1O[C@@H](n2cc3c(nc2=O)NC(=O)OC3)C[C@H]1O[Si](C)(C)C(C)(C)C.O=C1Nc2nc(=O)n([C@H]3C[C@@H](O)[C@@H](CO)O3)cc2CO1. The summed E-state index contributed by atoms with van der Waals surface area (Å²) in [7, 11) is -1.95. The predicted octanol–water partition coefficient (Wildman–Crippen LogP) is 2.34. The molecule has 2 aromatic heterocycles. The summed E-state index contributed by atoms with van der Waals surface area (Å²) >= 11 is 0. The third kappa shape index (κ3) is 7.41. The minimum absolute atomic E-state index is 0.00709. The van der Waals surface area contributed by atoms with E-state index in [9.17, 15) is 24.3 Å². The quantitative estimate of drug-likeness (QED) is 0.323. The minimum Gasteiger partial charge on any atom is -0.444 e. The van der Waals surface area contributed by atoms with Crippen LogP contribution in [-0.4, -0.2) is 80.8 Å².